The average Bonchev–Trinajstić information content (AvgIpc) is 1.85. The summed E-state index contributed by atoms with van der Waals surface area (Å²) < 4.78 is 9.49. The molecular formula is C5H13O4PS. The first-order valence-electron chi connectivity index (χ1n) is 3.34. The van der Waals surface area contributed by atoms with Crippen LogP contribution >= 0.6 is 6.72 Å². The Kier molecular flexibility index (Phi) is 6.33. The van der Waals surface area contributed by atoms with E-state index in [1.807, 2.05) is 6.92 Å². The molecule has 0 unspecified atom stereocenters. The van der Waals surface area contributed by atoms with Crippen LogP contribution < -0.4 is 0 Å². The summed E-state index contributed by atoms with van der Waals surface area (Å²) in [6.45, 7) is -0.318. The van der Waals surface area contributed by atoms with Gasteiger partial charge in [-0.15, -0.1) is 0 Å². The van der Waals surface area contributed by atoms with Crippen molar-refractivity contribution < 1.29 is 19.0 Å². The average molecular weight is 200 g/mol. The Bertz CT molecular complexity index is 134. The van der Waals surface area contributed by atoms with Crippen molar-refractivity contribution >= 4 is 18.5 Å². The molecule has 0 fully saturated rings. The van der Waals surface area contributed by atoms with Crippen LogP contribution in [0, 0.1) is 0 Å². The number of hydrogen-bond donors (Lipinski definition) is 2. The fourth-order valence-electron chi connectivity index (χ4n) is 0.462. The molecule has 0 aliphatic heterocycles. The first-order chi connectivity index (χ1) is 5.06. The van der Waals surface area contributed by atoms with Gasteiger partial charge in [0.2, 0.25) is 0 Å². The molecule has 0 saturated carbocycles. The van der Waals surface area contributed by atoms with Gasteiger partial charge in [-0.05, 0) is 18.2 Å². The van der Waals surface area contributed by atoms with Crippen LogP contribution in [0.25, 0.3) is 0 Å². The van der Waals surface area contributed by atoms with Crippen LogP contribution in [0.3, 0.4) is 0 Å². The summed E-state index contributed by atoms with van der Waals surface area (Å²) in [5, 5.41) is 0. The molecule has 0 amide bonds. The SMILES string of the molecule is CCCOCCOP(O)(O)=S. The van der Waals surface area contributed by atoms with Gasteiger partial charge in [0.25, 0.3) is 0 Å². The zero-order chi connectivity index (χ0) is 8.74. The summed E-state index contributed by atoms with van der Waals surface area (Å²) in [5.41, 5.74) is 0. The van der Waals surface area contributed by atoms with Crippen LogP contribution in [0.1, 0.15) is 13.3 Å². The fourth-order valence-corrected chi connectivity index (χ4v) is 0.997. The first-order valence-corrected chi connectivity index (χ1v) is 5.96. The minimum absolute atomic E-state index is 0.143. The molecule has 0 aliphatic carbocycles. The molecule has 0 saturated heterocycles. The van der Waals surface area contributed by atoms with Crippen molar-refractivity contribution in [3.8, 4) is 0 Å². The van der Waals surface area contributed by atoms with E-state index in [4.69, 9.17) is 14.5 Å². The molecule has 0 rings (SSSR count). The normalized spacial score (nSPS) is 11.9. The third-order valence-corrected chi connectivity index (χ3v) is 1.67. The second-order valence-corrected chi connectivity index (χ2v) is 4.60. The largest absolute Gasteiger partial charge is 0.379 e. The van der Waals surface area contributed by atoms with E-state index in [9.17, 15) is 0 Å². The smallest absolute Gasteiger partial charge is 0.321 e. The number of ether oxygens (including phenoxy) is 1. The Morgan fingerprint density at radius 1 is 1.27 bits per heavy atom. The van der Waals surface area contributed by atoms with Crippen LogP contribution in [0.4, 0.5) is 0 Å². The van der Waals surface area contributed by atoms with Crippen molar-refractivity contribution in [1.29, 1.82) is 0 Å². The van der Waals surface area contributed by atoms with Crippen molar-refractivity contribution in [2.45, 2.75) is 13.3 Å². The van der Waals surface area contributed by atoms with E-state index >= 15 is 0 Å². The lowest BCUT2D eigenvalue weighted by Crippen LogP contribution is -2.03. The molecular weight excluding hydrogens is 187 g/mol. The molecule has 0 bridgehead atoms. The highest BCUT2D eigenvalue weighted by Crippen LogP contribution is 2.35. The van der Waals surface area contributed by atoms with Gasteiger partial charge in [-0.3, -0.25) is 0 Å². The Morgan fingerprint density at radius 2 is 1.91 bits per heavy atom. The second-order valence-electron chi connectivity index (χ2n) is 1.94. The van der Waals surface area contributed by atoms with Gasteiger partial charge in [0.05, 0.1) is 13.2 Å². The van der Waals surface area contributed by atoms with Crippen LogP contribution in [0.2, 0.25) is 0 Å². The maximum atomic E-state index is 8.58. The van der Waals surface area contributed by atoms with Crippen LogP contribution in [0.15, 0.2) is 0 Å². The van der Waals surface area contributed by atoms with Crippen LogP contribution in [0.5, 0.6) is 0 Å². The van der Waals surface area contributed by atoms with Crippen molar-refractivity contribution in [3.63, 3.8) is 0 Å². The van der Waals surface area contributed by atoms with Crippen LogP contribution in [-0.2, 0) is 21.1 Å². The maximum Gasteiger partial charge on any atom is 0.321 e. The maximum absolute atomic E-state index is 8.58. The quantitative estimate of drug-likeness (QED) is 0.486. The molecule has 0 atom stereocenters. The fraction of sp³-hybridized carbons (Fsp3) is 1.00. The lowest BCUT2D eigenvalue weighted by molar-refractivity contribution is 0.0947. The molecule has 11 heavy (non-hydrogen) atoms. The molecule has 0 spiro atoms. The van der Waals surface area contributed by atoms with Gasteiger partial charge in [0.15, 0.2) is 0 Å². The van der Waals surface area contributed by atoms with Crippen molar-refractivity contribution in [2.24, 2.45) is 0 Å². The van der Waals surface area contributed by atoms with E-state index in [0.717, 1.165) is 6.42 Å². The van der Waals surface area contributed by atoms with E-state index in [1.54, 1.807) is 0 Å². The predicted molar refractivity (Wildman–Crippen MR) is 45.8 cm³/mol. The van der Waals surface area contributed by atoms with Gasteiger partial charge in [-0.25, -0.2) is 0 Å². The molecule has 0 aliphatic rings. The standard InChI is InChI=1S/C5H13O4PS/c1-2-3-8-4-5-9-10(6,7)11/h2-5H2,1H3,(H2,6,7,11). The Labute approximate surface area is 71.4 Å². The number of hydrogen-bond acceptors (Lipinski definition) is 3. The molecule has 0 aromatic carbocycles. The lowest BCUT2D eigenvalue weighted by Gasteiger charge is -2.07. The summed E-state index contributed by atoms with van der Waals surface area (Å²) >= 11 is 4.21. The molecule has 6 heteroatoms. The highest BCUT2D eigenvalue weighted by molar-refractivity contribution is 8.06. The van der Waals surface area contributed by atoms with E-state index in [0.29, 0.717) is 13.2 Å². The zero-order valence-corrected chi connectivity index (χ0v) is 8.11. The van der Waals surface area contributed by atoms with Crippen molar-refractivity contribution in [1.82, 2.24) is 0 Å². The van der Waals surface area contributed by atoms with E-state index in [2.05, 4.69) is 16.3 Å². The predicted octanol–water partition coefficient (Wildman–Crippen LogP) is 0.639. The van der Waals surface area contributed by atoms with E-state index in [-0.39, 0.29) is 6.61 Å². The third kappa shape index (κ3) is 10.5. The summed E-state index contributed by atoms with van der Waals surface area (Å²) in [6.07, 6.45) is 0.937. The molecule has 0 aromatic rings. The van der Waals surface area contributed by atoms with Gasteiger partial charge in [0, 0.05) is 6.61 Å². The molecule has 0 aromatic heterocycles. The summed E-state index contributed by atoms with van der Waals surface area (Å²) in [4.78, 5) is 17.2. The minimum atomic E-state index is -3.46. The Hall–Kier alpha value is 0.490. The monoisotopic (exact) mass is 200 g/mol. The highest BCUT2D eigenvalue weighted by atomic mass is 32.5. The molecule has 0 heterocycles. The van der Waals surface area contributed by atoms with Crippen LogP contribution in [-0.4, -0.2) is 29.6 Å². The minimum Gasteiger partial charge on any atom is -0.379 e. The van der Waals surface area contributed by atoms with Gasteiger partial charge >= 0.3 is 6.72 Å². The van der Waals surface area contributed by atoms with Gasteiger partial charge in [-0.2, -0.15) is 0 Å². The van der Waals surface area contributed by atoms with E-state index < -0.39 is 6.72 Å². The lowest BCUT2D eigenvalue weighted by atomic mass is 10.5. The summed E-state index contributed by atoms with van der Waals surface area (Å²) in [5.74, 6) is 0. The van der Waals surface area contributed by atoms with Gasteiger partial charge < -0.3 is 19.0 Å². The van der Waals surface area contributed by atoms with E-state index in [1.165, 1.54) is 0 Å². The zero-order valence-electron chi connectivity index (χ0n) is 6.39. The first kappa shape index (κ1) is 11.5. The molecule has 4 nitrogen and oxygen atoms in total. The number of rotatable bonds is 6. The van der Waals surface area contributed by atoms with Crippen molar-refractivity contribution in [3.05, 3.63) is 0 Å². The molecule has 68 valence electrons. The topological polar surface area (TPSA) is 58.9 Å². The molecule has 0 radical (unpaired) electrons. The summed E-state index contributed by atoms with van der Waals surface area (Å²) in [6, 6.07) is 0. The van der Waals surface area contributed by atoms with Crippen molar-refractivity contribution in [2.75, 3.05) is 19.8 Å². The van der Waals surface area contributed by atoms with Gasteiger partial charge in [0.1, 0.15) is 0 Å². The Morgan fingerprint density at radius 3 is 2.36 bits per heavy atom. The summed E-state index contributed by atoms with van der Waals surface area (Å²) in [7, 11) is 0. The van der Waals surface area contributed by atoms with Gasteiger partial charge in [-0.1, -0.05) is 6.92 Å². The second kappa shape index (κ2) is 6.06. The Balaban J connectivity index is 3.09. The third-order valence-electron chi connectivity index (χ3n) is 0.836. The molecule has 2 N–H and O–H groups in total. The highest BCUT2D eigenvalue weighted by Gasteiger charge is 2.05.